The second-order valence-electron chi connectivity index (χ2n) is 8.02. The lowest BCUT2D eigenvalue weighted by atomic mass is 9.97. The minimum atomic E-state index is 1.10. The third kappa shape index (κ3) is 4.38. The molecule has 30 heavy (non-hydrogen) atoms. The van der Waals surface area contributed by atoms with Gasteiger partial charge in [-0.2, -0.15) is 0 Å². The summed E-state index contributed by atoms with van der Waals surface area (Å²) in [6.45, 7) is 8.55. The summed E-state index contributed by atoms with van der Waals surface area (Å²) >= 11 is 0. The Morgan fingerprint density at radius 3 is 1.70 bits per heavy atom. The second kappa shape index (κ2) is 8.46. The van der Waals surface area contributed by atoms with Crippen LogP contribution in [0.5, 0.6) is 0 Å². The topological polar surface area (TPSA) is 24.1 Å². The van der Waals surface area contributed by atoms with Crippen molar-refractivity contribution in [2.75, 3.05) is 10.6 Å². The highest BCUT2D eigenvalue weighted by Crippen LogP contribution is 2.38. The number of hydrogen-bond acceptors (Lipinski definition) is 2. The van der Waals surface area contributed by atoms with E-state index in [0.717, 1.165) is 22.7 Å². The van der Waals surface area contributed by atoms with Crippen molar-refractivity contribution in [3.63, 3.8) is 0 Å². The average Bonchev–Trinajstić information content (AvgIpc) is 2.71. The zero-order chi connectivity index (χ0) is 21.1. The van der Waals surface area contributed by atoms with E-state index in [0.29, 0.717) is 0 Å². The smallest absolute Gasteiger partial charge is 0.0514 e. The van der Waals surface area contributed by atoms with Gasteiger partial charge in [0.05, 0.1) is 5.69 Å². The van der Waals surface area contributed by atoms with Crippen LogP contribution in [-0.4, -0.2) is 0 Å². The summed E-state index contributed by atoms with van der Waals surface area (Å²) in [5, 5.41) is 7.30. The van der Waals surface area contributed by atoms with E-state index in [1.54, 1.807) is 0 Å². The third-order valence-electron chi connectivity index (χ3n) is 5.38. The van der Waals surface area contributed by atoms with E-state index in [2.05, 4.69) is 123 Å². The van der Waals surface area contributed by atoms with Gasteiger partial charge in [0.2, 0.25) is 0 Å². The van der Waals surface area contributed by atoms with E-state index in [1.807, 2.05) is 0 Å². The monoisotopic (exact) mass is 392 g/mol. The van der Waals surface area contributed by atoms with Gasteiger partial charge in [0.25, 0.3) is 0 Å². The number of benzene rings is 4. The van der Waals surface area contributed by atoms with Crippen molar-refractivity contribution < 1.29 is 0 Å². The fourth-order valence-corrected chi connectivity index (χ4v) is 3.81. The van der Waals surface area contributed by atoms with Crippen LogP contribution in [0.3, 0.4) is 0 Å². The van der Waals surface area contributed by atoms with Crippen molar-refractivity contribution in [3.05, 3.63) is 107 Å². The molecule has 0 fully saturated rings. The molecule has 0 saturated heterocycles. The van der Waals surface area contributed by atoms with Crippen LogP contribution in [0.4, 0.5) is 22.7 Å². The van der Waals surface area contributed by atoms with Crippen LogP contribution in [0.15, 0.2) is 84.9 Å². The van der Waals surface area contributed by atoms with Gasteiger partial charge in [-0.25, -0.2) is 0 Å². The van der Waals surface area contributed by atoms with Crippen molar-refractivity contribution >= 4 is 22.7 Å². The van der Waals surface area contributed by atoms with E-state index in [9.17, 15) is 0 Å². The lowest BCUT2D eigenvalue weighted by molar-refractivity contribution is 1.38. The molecule has 0 aliphatic carbocycles. The number of aryl methyl sites for hydroxylation is 3. The molecule has 0 unspecified atom stereocenters. The average molecular weight is 393 g/mol. The van der Waals surface area contributed by atoms with Gasteiger partial charge < -0.3 is 10.6 Å². The molecule has 0 aliphatic rings. The Balaban J connectivity index is 1.81. The Bertz CT molecular complexity index is 1190. The maximum atomic E-state index is 3.70. The second-order valence-corrected chi connectivity index (χ2v) is 8.02. The molecule has 0 saturated carbocycles. The highest BCUT2D eigenvalue weighted by molar-refractivity contribution is 5.88. The van der Waals surface area contributed by atoms with Crippen LogP contribution in [0.1, 0.15) is 22.3 Å². The van der Waals surface area contributed by atoms with E-state index in [4.69, 9.17) is 0 Å². The molecular formula is C28H28N2. The predicted molar refractivity (Wildman–Crippen MR) is 130 cm³/mol. The summed E-state index contributed by atoms with van der Waals surface area (Å²) in [6, 6.07) is 30.0. The molecule has 0 atom stereocenters. The molecule has 0 heterocycles. The van der Waals surface area contributed by atoms with Gasteiger partial charge in [-0.1, -0.05) is 60.2 Å². The van der Waals surface area contributed by atoms with Gasteiger partial charge in [-0.3, -0.25) is 0 Å². The zero-order valence-electron chi connectivity index (χ0n) is 18.1. The number of nitrogens with one attached hydrogen (secondary N) is 2. The fraction of sp³-hybridized carbons (Fsp3) is 0.143. The van der Waals surface area contributed by atoms with Crippen LogP contribution in [0.25, 0.3) is 11.1 Å². The standard InChI is InChI=1S/C28H28N2/c1-19-8-5-11-23(16-19)26-14-15-27(29-24-12-6-9-20(2)17-24)22(4)28(26)30-25-13-7-10-21(3)18-25/h5-18,29-30H,1-4H3. The largest absolute Gasteiger partial charge is 0.355 e. The van der Waals surface area contributed by atoms with E-state index < -0.39 is 0 Å². The third-order valence-corrected chi connectivity index (χ3v) is 5.38. The molecular weight excluding hydrogens is 364 g/mol. The summed E-state index contributed by atoms with van der Waals surface area (Å²) in [5.41, 5.74) is 11.8. The number of anilines is 4. The maximum absolute atomic E-state index is 3.70. The van der Waals surface area contributed by atoms with Gasteiger partial charge in [0.1, 0.15) is 0 Å². The number of hydrogen-bond donors (Lipinski definition) is 2. The maximum Gasteiger partial charge on any atom is 0.0514 e. The number of rotatable bonds is 5. The van der Waals surface area contributed by atoms with Crippen molar-refractivity contribution in [1.82, 2.24) is 0 Å². The molecule has 0 spiro atoms. The van der Waals surface area contributed by atoms with Crippen LogP contribution in [0, 0.1) is 27.7 Å². The minimum absolute atomic E-state index is 1.10. The van der Waals surface area contributed by atoms with Gasteiger partial charge in [-0.05, 0) is 80.3 Å². The molecule has 2 heteroatoms. The molecule has 0 radical (unpaired) electrons. The van der Waals surface area contributed by atoms with Gasteiger partial charge in [-0.15, -0.1) is 0 Å². The van der Waals surface area contributed by atoms with Crippen molar-refractivity contribution in [1.29, 1.82) is 0 Å². The summed E-state index contributed by atoms with van der Waals surface area (Å²) in [6.07, 6.45) is 0. The first-order valence-electron chi connectivity index (χ1n) is 10.4. The minimum Gasteiger partial charge on any atom is -0.355 e. The SMILES string of the molecule is Cc1cccc(Nc2ccc(-c3cccc(C)c3)c(Nc3cccc(C)c3)c2C)c1. The van der Waals surface area contributed by atoms with Gasteiger partial charge in [0, 0.05) is 22.6 Å². The fourth-order valence-electron chi connectivity index (χ4n) is 3.81. The van der Waals surface area contributed by atoms with Crippen LogP contribution in [-0.2, 0) is 0 Å². The van der Waals surface area contributed by atoms with Crippen molar-refractivity contribution in [2.45, 2.75) is 27.7 Å². The highest BCUT2D eigenvalue weighted by atomic mass is 14.9. The molecule has 0 bridgehead atoms. The first-order valence-corrected chi connectivity index (χ1v) is 10.4. The molecule has 0 amide bonds. The van der Waals surface area contributed by atoms with E-state index >= 15 is 0 Å². The normalized spacial score (nSPS) is 10.7. The quantitative estimate of drug-likeness (QED) is 0.359. The Morgan fingerprint density at radius 1 is 0.533 bits per heavy atom. The molecule has 0 aromatic heterocycles. The van der Waals surface area contributed by atoms with E-state index in [1.165, 1.54) is 33.4 Å². The van der Waals surface area contributed by atoms with Crippen LogP contribution < -0.4 is 10.6 Å². The molecule has 150 valence electrons. The Hall–Kier alpha value is -3.52. The Morgan fingerprint density at radius 2 is 1.10 bits per heavy atom. The first kappa shape index (κ1) is 19.8. The first-order chi connectivity index (χ1) is 14.5. The van der Waals surface area contributed by atoms with Gasteiger partial charge >= 0.3 is 0 Å². The Labute approximate surface area is 179 Å². The Kier molecular flexibility index (Phi) is 5.58. The summed E-state index contributed by atoms with van der Waals surface area (Å²) in [7, 11) is 0. The molecule has 4 aromatic rings. The summed E-state index contributed by atoms with van der Waals surface area (Å²) < 4.78 is 0. The van der Waals surface area contributed by atoms with E-state index in [-0.39, 0.29) is 0 Å². The predicted octanol–water partition coefficient (Wildman–Crippen LogP) is 8.07. The van der Waals surface area contributed by atoms with Gasteiger partial charge in [0.15, 0.2) is 0 Å². The highest BCUT2D eigenvalue weighted by Gasteiger charge is 2.13. The lowest BCUT2D eigenvalue weighted by Gasteiger charge is -2.20. The molecule has 4 rings (SSSR count). The van der Waals surface area contributed by atoms with Crippen LogP contribution in [0.2, 0.25) is 0 Å². The summed E-state index contributed by atoms with van der Waals surface area (Å²) in [4.78, 5) is 0. The summed E-state index contributed by atoms with van der Waals surface area (Å²) in [5.74, 6) is 0. The molecule has 4 aromatic carbocycles. The lowest BCUT2D eigenvalue weighted by Crippen LogP contribution is -2.01. The molecule has 0 aliphatic heterocycles. The van der Waals surface area contributed by atoms with Crippen LogP contribution >= 0.6 is 0 Å². The van der Waals surface area contributed by atoms with Crippen molar-refractivity contribution in [2.24, 2.45) is 0 Å². The van der Waals surface area contributed by atoms with Crippen molar-refractivity contribution in [3.8, 4) is 11.1 Å². The molecule has 2 N–H and O–H groups in total. The molecule has 2 nitrogen and oxygen atoms in total. The zero-order valence-corrected chi connectivity index (χ0v) is 18.1.